The minimum atomic E-state index is -0.242. The summed E-state index contributed by atoms with van der Waals surface area (Å²) in [6.45, 7) is 0. The van der Waals surface area contributed by atoms with Crippen molar-refractivity contribution in [2.24, 2.45) is 0 Å². The molecule has 5 nitrogen and oxygen atoms in total. The normalized spacial score (nSPS) is 9.95. The van der Waals surface area contributed by atoms with Gasteiger partial charge in [0, 0.05) is 23.3 Å². The highest BCUT2D eigenvalue weighted by molar-refractivity contribution is 7.14. The van der Waals surface area contributed by atoms with Gasteiger partial charge in [0.15, 0.2) is 5.13 Å². The van der Waals surface area contributed by atoms with Gasteiger partial charge in [-0.3, -0.25) is 15.1 Å². The van der Waals surface area contributed by atoms with E-state index in [0.29, 0.717) is 16.3 Å². The smallest absolute Gasteiger partial charge is 0.259 e. The van der Waals surface area contributed by atoms with Crippen molar-refractivity contribution in [3.05, 3.63) is 65.3 Å². The first kappa shape index (κ1) is 13.9. The fourth-order valence-corrected chi connectivity index (χ4v) is 2.56. The number of anilines is 1. The molecular formula is C16H10N4OS. The lowest BCUT2D eigenvalue weighted by atomic mass is 10.1. The molecule has 0 saturated heterocycles. The number of thiazole rings is 1. The van der Waals surface area contributed by atoms with Gasteiger partial charge in [0.2, 0.25) is 0 Å². The van der Waals surface area contributed by atoms with Crippen LogP contribution in [-0.2, 0) is 0 Å². The summed E-state index contributed by atoms with van der Waals surface area (Å²) in [5, 5.41) is 13.9. The van der Waals surface area contributed by atoms with E-state index in [9.17, 15) is 4.79 Å². The highest BCUT2D eigenvalue weighted by Gasteiger charge is 2.10. The lowest BCUT2D eigenvalue weighted by molar-refractivity contribution is 0.102. The van der Waals surface area contributed by atoms with E-state index in [1.54, 1.807) is 30.5 Å². The van der Waals surface area contributed by atoms with Crippen LogP contribution >= 0.6 is 11.3 Å². The summed E-state index contributed by atoms with van der Waals surface area (Å²) < 4.78 is 0. The Kier molecular flexibility index (Phi) is 3.90. The number of amides is 1. The maximum atomic E-state index is 12.0. The Morgan fingerprint density at radius 2 is 2.05 bits per heavy atom. The van der Waals surface area contributed by atoms with Crippen molar-refractivity contribution < 1.29 is 4.79 Å². The van der Waals surface area contributed by atoms with Crippen molar-refractivity contribution in [1.82, 2.24) is 9.97 Å². The molecule has 1 N–H and O–H groups in total. The quantitative estimate of drug-likeness (QED) is 0.805. The largest absolute Gasteiger partial charge is 0.298 e. The molecule has 0 aliphatic heterocycles. The highest BCUT2D eigenvalue weighted by Crippen LogP contribution is 2.25. The summed E-state index contributed by atoms with van der Waals surface area (Å²) >= 11 is 1.35. The van der Waals surface area contributed by atoms with Gasteiger partial charge in [0.05, 0.1) is 22.9 Å². The molecule has 1 amide bonds. The number of hydrogen-bond acceptors (Lipinski definition) is 5. The molecular weight excluding hydrogens is 296 g/mol. The predicted octanol–water partition coefficient (Wildman–Crippen LogP) is 3.33. The van der Waals surface area contributed by atoms with Crippen molar-refractivity contribution in [2.45, 2.75) is 0 Å². The van der Waals surface area contributed by atoms with Crippen molar-refractivity contribution in [3.8, 4) is 17.3 Å². The van der Waals surface area contributed by atoms with Gasteiger partial charge in [0.25, 0.3) is 5.91 Å². The van der Waals surface area contributed by atoms with Crippen LogP contribution in [0.3, 0.4) is 0 Å². The van der Waals surface area contributed by atoms with E-state index in [4.69, 9.17) is 5.26 Å². The molecule has 0 fully saturated rings. The van der Waals surface area contributed by atoms with Gasteiger partial charge in [-0.05, 0) is 24.3 Å². The fourth-order valence-electron chi connectivity index (χ4n) is 1.85. The maximum absolute atomic E-state index is 12.0. The third kappa shape index (κ3) is 3.00. The number of nitriles is 1. The van der Waals surface area contributed by atoms with Gasteiger partial charge in [0.1, 0.15) is 0 Å². The zero-order valence-electron chi connectivity index (χ0n) is 11.4. The van der Waals surface area contributed by atoms with Crippen molar-refractivity contribution in [3.63, 3.8) is 0 Å². The second-order valence-electron chi connectivity index (χ2n) is 4.42. The second kappa shape index (κ2) is 6.16. The first-order valence-electron chi connectivity index (χ1n) is 6.44. The first-order chi connectivity index (χ1) is 10.8. The fraction of sp³-hybridized carbons (Fsp3) is 0. The molecule has 3 aromatic rings. The Hall–Kier alpha value is -3.04. The average Bonchev–Trinajstić information content (AvgIpc) is 3.04. The lowest BCUT2D eigenvalue weighted by Gasteiger charge is -2.00. The standard InChI is InChI=1S/C16H10N4OS/c17-8-11-3-5-12(6-4-11)14-10-22-16(19-14)20-15(21)13-2-1-7-18-9-13/h1-7,9-10H,(H,19,20,21). The Morgan fingerprint density at radius 1 is 1.23 bits per heavy atom. The Bertz CT molecular complexity index is 835. The third-order valence-corrected chi connectivity index (χ3v) is 3.72. The number of benzene rings is 1. The van der Waals surface area contributed by atoms with Crippen LogP contribution in [0.4, 0.5) is 5.13 Å². The van der Waals surface area contributed by atoms with Crippen molar-refractivity contribution in [2.75, 3.05) is 5.32 Å². The van der Waals surface area contributed by atoms with Gasteiger partial charge in [-0.25, -0.2) is 4.98 Å². The topological polar surface area (TPSA) is 78.7 Å². The first-order valence-corrected chi connectivity index (χ1v) is 7.31. The number of nitrogens with one attached hydrogen (secondary N) is 1. The van der Waals surface area contributed by atoms with Crippen LogP contribution in [0.1, 0.15) is 15.9 Å². The van der Waals surface area contributed by atoms with E-state index in [1.165, 1.54) is 17.5 Å². The van der Waals surface area contributed by atoms with Crippen molar-refractivity contribution >= 4 is 22.4 Å². The van der Waals surface area contributed by atoms with Gasteiger partial charge in [-0.15, -0.1) is 11.3 Å². The minimum Gasteiger partial charge on any atom is -0.298 e. The molecule has 2 aromatic heterocycles. The number of pyridine rings is 1. The van der Waals surface area contributed by atoms with Crippen LogP contribution in [0, 0.1) is 11.3 Å². The zero-order valence-corrected chi connectivity index (χ0v) is 12.2. The number of aromatic nitrogens is 2. The van der Waals surface area contributed by atoms with E-state index in [0.717, 1.165) is 11.3 Å². The van der Waals surface area contributed by atoms with Gasteiger partial charge in [-0.1, -0.05) is 12.1 Å². The molecule has 106 valence electrons. The summed E-state index contributed by atoms with van der Waals surface area (Å²) in [6.07, 6.45) is 3.12. The second-order valence-corrected chi connectivity index (χ2v) is 5.28. The molecule has 6 heteroatoms. The molecule has 0 aliphatic carbocycles. The van der Waals surface area contributed by atoms with E-state index in [1.807, 2.05) is 17.5 Å². The van der Waals surface area contributed by atoms with Crippen LogP contribution in [-0.4, -0.2) is 15.9 Å². The number of nitrogens with zero attached hydrogens (tertiary/aromatic N) is 3. The molecule has 0 radical (unpaired) electrons. The predicted molar refractivity (Wildman–Crippen MR) is 84.5 cm³/mol. The van der Waals surface area contributed by atoms with E-state index >= 15 is 0 Å². The van der Waals surface area contributed by atoms with Gasteiger partial charge < -0.3 is 0 Å². The van der Waals surface area contributed by atoms with Crippen LogP contribution in [0.5, 0.6) is 0 Å². The summed E-state index contributed by atoms with van der Waals surface area (Å²) in [5.41, 5.74) is 2.75. The minimum absolute atomic E-state index is 0.242. The highest BCUT2D eigenvalue weighted by atomic mass is 32.1. The molecule has 1 aromatic carbocycles. The number of carbonyl (C=O) groups is 1. The molecule has 0 aliphatic rings. The van der Waals surface area contributed by atoms with Gasteiger partial charge >= 0.3 is 0 Å². The number of rotatable bonds is 3. The van der Waals surface area contributed by atoms with Gasteiger partial charge in [-0.2, -0.15) is 5.26 Å². The molecule has 0 saturated carbocycles. The summed E-state index contributed by atoms with van der Waals surface area (Å²) in [7, 11) is 0. The summed E-state index contributed by atoms with van der Waals surface area (Å²) in [5.74, 6) is -0.242. The average molecular weight is 306 g/mol. The lowest BCUT2D eigenvalue weighted by Crippen LogP contribution is -2.11. The van der Waals surface area contributed by atoms with Crippen molar-refractivity contribution in [1.29, 1.82) is 5.26 Å². The molecule has 0 unspecified atom stereocenters. The van der Waals surface area contributed by atoms with E-state index in [-0.39, 0.29) is 5.91 Å². The molecule has 3 rings (SSSR count). The molecule has 2 heterocycles. The Morgan fingerprint density at radius 3 is 2.73 bits per heavy atom. The van der Waals surface area contributed by atoms with Crippen LogP contribution in [0.15, 0.2) is 54.2 Å². The monoisotopic (exact) mass is 306 g/mol. The van der Waals surface area contributed by atoms with Crippen LogP contribution in [0.2, 0.25) is 0 Å². The molecule has 0 atom stereocenters. The van der Waals surface area contributed by atoms with E-state index in [2.05, 4.69) is 21.4 Å². The third-order valence-electron chi connectivity index (χ3n) is 2.96. The summed E-state index contributed by atoms with van der Waals surface area (Å²) in [6, 6.07) is 12.6. The SMILES string of the molecule is N#Cc1ccc(-c2csc(NC(=O)c3cccnc3)n2)cc1. The molecule has 0 bridgehead atoms. The Balaban J connectivity index is 1.76. The van der Waals surface area contributed by atoms with Crippen LogP contribution in [0.25, 0.3) is 11.3 Å². The number of carbonyl (C=O) groups excluding carboxylic acids is 1. The Labute approximate surface area is 130 Å². The number of hydrogen-bond donors (Lipinski definition) is 1. The molecule has 22 heavy (non-hydrogen) atoms. The van der Waals surface area contributed by atoms with Crippen LogP contribution < -0.4 is 5.32 Å². The molecule has 0 spiro atoms. The summed E-state index contributed by atoms with van der Waals surface area (Å²) in [4.78, 5) is 20.3. The maximum Gasteiger partial charge on any atom is 0.259 e. The zero-order chi connectivity index (χ0) is 15.4. The van der Waals surface area contributed by atoms with E-state index < -0.39 is 0 Å².